The van der Waals surface area contributed by atoms with Crippen LogP contribution in [-0.4, -0.2) is 56.2 Å². The Balaban J connectivity index is 2.16. The van der Waals surface area contributed by atoms with Gasteiger partial charge in [0.2, 0.25) is 0 Å². The van der Waals surface area contributed by atoms with Crippen LogP contribution in [0.5, 0.6) is 5.75 Å². The Morgan fingerprint density at radius 1 is 1.35 bits per heavy atom. The fraction of sp³-hybridized carbons (Fsp3) is 0.533. The molecule has 1 aromatic carbocycles. The van der Waals surface area contributed by atoms with Crippen molar-refractivity contribution < 1.29 is 9.53 Å². The van der Waals surface area contributed by atoms with Gasteiger partial charge >= 0.3 is 6.03 Å². The molecule has 2 rings (SSSR count). The number of likely N-dealkylation sites (N-methyl/N-ethyl adjacent to an activating group) is 2. The molecule has 1 saturated heterocycles. The van der Waals surface area contributed by atoms with Gasteiger partial charge in [0.1, 0.15) is 5.75 Å². The van der Waals surface area contributed by atoms with Crippen LogP contribution in [0.2, 0.25) is 0 Å². The molecule has 110 valence electrons. The van der Waals surface area contributed by atoms with Crippen LogP contribution in [0.1, 0.15) is 18.5 Å². The lowest BCUT2D eigenvalue weighted by Gasteiger charge is -2.25. The van der Waals surface area contributed by atoms with Crippen molar-refractivity contribution in [2.45, 2.75) is 13.0 Å². The summed E-state index contributed by atoms with van der Waals surface area (Å²) in [5.41, 5.74) is 1.10. The molecular weight excluding hydrogens is 254 g/mol. The number of methoxy groups -OCH3 is 1. The van der Waals surface area contributed by atoms with Crippen molar-refractivity contribution in [3.63, 3.8) is 0 Å². The molecule has 1 unspecified atom stereocenters. The van der Waals surface area contributed by atoms with Crippen molar-refractivity contribution in [2.24, 2.45) is 0 Å². The fourth-order valence-electron chi connectivity index (χ4n) is 2.57. The lowest BCUT2D eigenvalue weighted by Crippen LogP contribution is -2.37. The van der Waals surface area contributed by atoms with E-state index in [1.165, 1.54) is 0 Å². The quantitative estimate of drug-likeness (QED) is 0.861. The highest BCUT2D eigenvalue weighted by molar-refractivity contribution is 5.76. The molecule has 1 fully saturated rings. The van der Waals surface area contributed by atoms with Crippen LogP contribution in [0, 0.1) is 0 Å². The number of nitrogens with one attached hydrogen (secondary N) is 1. The molecule has 1 atom stereocenters. The predicted molar refractivity (Wildman–Crippen MR) is 79.0 cm³/mol. The first-order chi connectivity index (χ1) is 9.67. The minimum Gasteiger partial charge on any atom is -0.496 e. The molecule has 0 radical (unpaired) electrons. The Morgan fingerprint density at radius 3 is 2.70 bits per heavy atom. The van der Waals surface area contributed by atoms with Gasteiger partial charge < -0.3 is 19.9 Å². The van der Waals surface area contributed by atoms with E-state index >= 15 is 0 Å². The average Bonchev–Trinajstić information content (AvgIpc) is 2.78. The van der Waals surface area contributed by atoms with E-state index in [4.69, 9.17) is 4.74 Å². The van der Waals surface area contributed by atoms with E-state index in [1.54, 1.807) is 12.0 Å². The Bertz CT molecular complexity index is 464. The van der Waals surface area contributed by atoms with Crippen LogP contribution in [0.15, 0.2) is 24.3 Å². The summed E-state index contributed by atoms with van der Waals surface area (Å²) in [5.74, 6) is 0.860. The molecule has 1 aliphatic rings. The lowest BCUT2D eigenvalue weighted by molar-refractivity contribution is 0.194. The zero-order chi connectivity index (χ0) is 14.5. The first-order valence-electron chi connectivity index (χ1n) is 7.03. The zero-order valence-electron chi connectivity index (χ0n) is 12.4. The maximum absolute atomic E-state index is 12.0. The van der Waals surface area contributed by atoms with E-state index in [-0.39, 0.29) is 12.1 Å². The van der Waals surface area contributed by atoms with Crippen molar-refractivity contribution in [1.29, 1.82) is 0 Å². The first kappa shape index (κ1) is 14.7. The number of hydrogen-bond donors (Lipinski definition) is 1. The van der Waals surface area contributed by atoms with Crippen LogP contribution < -0.4 is 10.1 Å². The molecule has 5 nitrogen and oxygen atoms in total. The maximum Gasteiger partial charge on any atom is 0.319 e. The Hall–Kier alpha value is -1.75. The highest BCUT2D eigenvalue weighted by atomic mass is 16.5. The molecule has 1 aliphatic heterocycles. The van der Waals surface area contributed by atoms with Crippen molar-refractivity contribution in [3.05, 3.63) is 29.8 Å². The zero-order valence-corrected chi connectivity index (χ0v) is 12.4. The van der Waals surface area contributed by atoms with E-state index < -0.39 is 0 Å². The van der Waals surface area contributed by atoms with Gasteiger partial charge in [-0.1, -0.05) is 25.1 Å². The minimum absolute atomic E-state index is 0.0894. The summed E-state index contributed by atoms with van der Waals surface area (Å²) in [7, 11) is 3.52. The van der Waals surface area contributed by atoms with Crippen LogP contribution in [0.25, 0.3) is 0 Å². The summed E-state index contributed by atoms with van der Waals surface area (Å²) < 4.78 is 5.43. The largest absolute Gasteiger partial charge is 0.496 e. The van der Waals surface area contributed by atoms with E-state index in [1.807, 2.05) is 30.1 Å². The summed E-state index contributed by atoms with van der Waals surface area (Å²) in [6.07, 6.45) is 0. The van der Waals surface area contributed by atoms with Gasteiger partial charge in [0, 0.05) is 32.2 Å². The molecule has 1 aromatic rings. The lowest BCUT2D eigenvalue weighted by atomic mass is 10.0. The number of carbonyl (C=O) groups excluding carboxylic acids is 1. The van der Waals surface area contributed by atoms with Gasteiger partial charge in [0.25, 0.3) is 0 Å². The minimum atomic E-state index is 0.0894. The van der Waals surface area contributed by atoms with Crippen molar-refractivity contribution >= 4 is 6.03 Å². The summed E-state index contributed by atoms with van der Waals surface area (Å²) in [4.78, 5) is 15.7. The number of amides is 2. The smallest absolute Gasteiger partial charge is 0.319 e. The molecule has 0 bridgehead atoms. The molecule has 1 N–H and O–H groups in total. The Kier molecular flexibility index (Phi) is 4.84. The Labute approximate surface area is 120 Å². The van der Waals surface area contributed by atoms with Gasteiger partial charge in [-0.25, -0.2) is 4.79 Å². The van der Waals surface area contributed by atoms with Crippen LogP contribution in [0.3, 0.4) is 0 Å². The number of carbonyl (C=O) groups is 1. The standard InChI is InChI=1S/C15H23N3O2/c1-4-16-13(11-18-10-9-17(2)15(18)19)12-7-5-6-8-14(12)20-3/h5-8,13,16H,4,9-11H2,1-3H3. The van der Waals surface area contributed by atoms with E-state index in [0.717, 1.165) is 30.9 Å². The van der Waals surface area contributed by atoms with Crippen molar-refractivity contribution in [1.82, 2.24) is 15.1 Å². The third-order valence-electron chi connectivity index (χ3n) is 3.67. The topological polar surface area (TPSA) is 44.8 Å². The van der Waals surface area contributed by atoms with Gasteiger partial charge in [-0.05, 0) is 12.6 Å². The number of urea groups is 1. The van der Waals surface area contributed by atoms with Crippen molar-refractivity contribution in [2.75, 3.05) is 40.3 Å². The number of nitrogens with zero attached hydrogens (tertiary/aromatic N) is 2. The predicted octanol–water partition coefficient (Wildman–Crippen LogP) is 1.71. The molecule has 0 aromatic heterocycles. The number of para-hydroxylation sites is 1. The van der Waals surface area contributed by atoms with Crippen LogP contribution in [-0.2, 0) is 0 Å². The SMILES string of the molecule is CCNC(CN1CCN(C)C1=O)c1ccccc1OC. The second-order valence-electron chi connectivity index (χ2n) is 5.00. The third-order valence-corrected chi connectivity index (χ3v) is 3.67. The van der Waals surface area contributed by atoms with Gasteiger partial charge in [-0.15, -0.1) is 0 Å². The average molecular weight is 277 g/mol. The maximum atomic E-state index is 12.0. The molecule has 2 amide bonds. The fourth-order valence-corrected chi connectivity index (χ4v) is 2.57. The van der Waals surface area contributed by atoms with Crippen LogP contribution in [0.4, 0.5) is 4.79 Å². The number of benzene rings is 1. The molecular formula is C15H23N3O2. The molecule has 20 heavy (non-hydrogen) atoms. The van der Waals surface area contributed by atoms with Crippen molar-refractivity contribution in [3.8, 4) is 5.75 Å². The summed E-state index contributed by atoms with van der Waals surface area (Å²) >= 11 is 0. The number of rotatable bonds is 6. The van der Waals surface area contributed by atoms with Gasteiger partial charge in [0.15, 0.2) is 0 Å². The highest BCUT2D eigenvalue weighted by Gasteiger charge is 2.28. The van der Waals surface area contributed by atoms with Crippen LogP contribution >= 0.6 is 0 Å². The van der Waals surface area contributed by atoms with E-state index in [0.29, 0.717) is 6.54 Å². The monoisotopic (exact) mass is 277 g/mol. The Morgan fingerprint density at radius 2 is 2.10 bits per heavy atom. The highest BCUT2D eigenvalue weighted by Crippen LogP contribution is 2.26. The summed E-state index contributed by atoms with van der Waals surface area (Å²) in [5, 5.41) is 3.44. The van der Waals surface area contributed by atoms with Gasteiger partial charge in [0.05, 0.1) is 13.2 Å². The normalized spacial score (nSPS) is 16.6. The number of ether oxygens (including phenoxy) is 1. The summed E-state index contributed by atoms with van der Waals surface area (Å²) in [6.45, 7) is 5.16. The molecule has 0 saturated carbocycles. The molecule has 0 spiro atoms. The first-order valence-corrected chi connectivity index (χ1v) is 7.03. The summed E-state index contributed by atoms with van der Waals surface area (Å²) in [6, 6.07) is 8.16. The number of hydrogen-bond acceptors (Lipinski definition) is 3. The molecule has 5 heteroatoms. The molecule has 1 heterocycles. The third kappa shape index (κ3) is 3.04. The second kappa shape index (κ2) is 6.61. The molecule has 0 aliphatic carbocycles. The van der Waals surface area contributed by atoms with Gasteiger partial charge in [-0.3, -0.25) is 0 Å². The van der Waals surface area contributed by atoms with E-state index in [9.17, 15) is 4.79 Å². The van der Waals surface area contributed by atoms with E-state index in [2.05, 4.69) is 18.3 Å². The van der Waals surface area contributed by atoms with Gasteiger partial charge in [-0.2, -0.15) is 0 Å². The second-order valence-corrected chi connectivity index (χ2v) is 5.00.